The van der Waals surface area contributed by atoms with Gasteiger partial charge in [-0.25, -0.2) is 0 Å². The van der Waals surface area contributed by atoms with E-state index in [4.69, 9.17) is 16.0 Å². The minimum absolute atomic E-state index is 0.0992. The number of furan rings is 1. The van der Waals surface area contributed by atoms with Crippen molar-refractivity contribution >= 4 is 29.3 Å². The number of hydrogen-bond donors (Lipinski definition) is 1. The smallest absolute Gasteiger partial charge is 0.231 e. The van der Waals surface area contributed by atoms with E-state index in [1.54, 1.807) is 6.26 Å². The number of nitrogens with one attached hydrogen (secondary N) is 1. The molecular weight excluding hydrogens is 432 g/mol. The van der Waals surface area contributed by atoms with Crippen LogP contribution in [0, 0.1) is 6.92 Å². The predicted octanol–water partition coefficient (Wildman–Crippen LogP) is 5.03. The van der Waals surface area contributed by atoms with Crippen molar-refractivity contribution < 1.29 is 9.21 Å². The van der Waals surface area contributed by atoms with Gasteiger partial charge in [0.15, 0.2) is 11.0 Å². The second kappa shape index (κ2) is 9.41. The average molecular weight is 453 g/mol. The number of amides is 1. The molecule has 8 heteroatoms. The van der Waals surface area contributed by atoms with Gasteiger partial charge in [-0.3, -0.25) is 4.79 Å². The molecule has 1 amide bonds. The number of carbonyl (C=O) groups is 1. The molecule has 6 nitrogen and oxygen atoms in total. The molecule has 4 aromatic rings. The van der Waals surface area contributed by atoms with Gasteiger partial charge in [0.25, 0.3) is 0 Å². The van der Waals surface area contributed by atoms with Crippen LogP contribution in [0.5, 0.6) is 0 Å². The third-order valence-corrected chi connectivity index (χ3v) is 6.18. The first-order valence-corrected chi connectivity index (χ1v) is 11.1. The zero-order valence-electron chi connectivity index (χ0n) is 17.1. The van der Waals surface area contributed by atoms with Crippen molar-refractivity contribution in [3.8, 4) is 11.4 Å². The predicted molar refractivity (Wildman–Crippen MR) is 122 cm³/mol. The summed E-state index contributed by atoms with van der Waals surface area (Å²) in [6.45, 7) is 1.88. The molecule has 31 heavy (non-hydrogen) atoms. The number of hydrogen-bond acceptors (Lipinski definition) is 5. The fourth-order valence-electron chi connectivity index (χ4n) is 3.28. The average Bonchev–Trinajstić information content (AvgIpc) is 3.36. The van der Waals surface area contributed by atoms with E-state index in [1.807, 2.05) is 79.2 Å². The van der Waals surface area contributed by atoms with Crippen molar-refractivity contribution in [3.63, 3.8) is 0 Å². The molecule has 0 aliphatic carbocycles. The molecular formula is C23H21ClN4O2S. The van der Waals surface area contributed by atoms with E-state index in [0.717, 1.165) is 22.5 Å². The van der Waals surface area contributed by atoms with Crippen LogP contribution in [0.4, 0.5) is 0 Å². The molecule has 158 valence electrons. The Hall–Kier alpha value is -3.03. The zero-order chi connectivity index (χ0) is 21.8. The minimum Gasteiger partial charge on any atom is -0.469 e. The molecule has 0 radical (unpaired) electrons. The van der Waals surface area contributed by atoms with Gasteiger partial charge in [-0.2, -0.15) is 0 Å². The monoisotopic (exact) mass is 452 g/mol. The normalized spacial score (nSPS) is 12.0. The van der Waals surface area contributed by atoms with E-state index >= 15 is 0 Å². The lowest BCUT2D eigenvalue weighted by atomic mass is 9.99. The van der Waals surface area contributed by atoms with Gasteiger partial charge in [-0.1, -0.05) is 65.8 Å². The van der Waals surface area contributed by atoms with Crippen LogP contribution in [0.2, 0.25) is 5.02 Å². The zero-order valence-corrected chi connectivity index (χ0v) is 18.7. The summed E-state index contributed by atoms with van der Waals surface area (Å²) in [5.41, 5.74) is 2.85. The van der Waals surface area contributed by atoms with Crippen LogP contribution < -0.4 is 5.32 Å². The Bertz CT molecular complexity index is 1170. The Kier molecular flexibility index (Phi) is 6.44. The fraction of sp³-hybridized carbons (Fsp3) is 0.174. The Morgan fingerprint density at radius 2 is 1.81 bits per heavy atom. The maximum absolute atomic E-state index is 12.8. The molecule has 1 unspecified atom stereocenters. The standard InChI is InChI=1S/C23H21ClN4O2S/c1-15-19(12-13-30-15)22-26-27-23(28(22)2)31-14-20(29)25-21(16-6-4-3-5-7-16)17-8-10-18(24)11-9-17/h3-13,21H,14H2,1-2H3,(H,25,29). The van der Waals surface area contributed by atoms with Crippen LogP contribution in [-0.2, 0) is 11.8 Å². The van der Waals surface area contributed by atoms with Crippen molar-refractivity contribution in [2.24, 2.45) is 7.05 Å². The molecule has 1 N–H and O–H groups in total. The third kappa shape index (κ3) is 4.84. The maximum Gasteiger partial charge on any atom is 0.231 e. The maximum atomic E-state index is 12.8. The van der Waals surface area contributed by atoms with Crippen molar-refractivity contribution in [1.82, 2.24) is 20.1 Å². The van der Waals surface area contributed by atoms with Gasteiger partial charge in [0.05, 0.1) is 23.6 Å². The van der Waals surface area contributed by atoms with Gasteiger partial charge in [0.1, 0.15) is 5.76 Å². The quantitative estimate of drug-likeness (QED) is 0.398. The van der Waals surface area contributed by atoms with Crippen LogP contribution in [0.25, 0.3) is 11.4 Å². The SMILES string of the molecule is Cc1occc1-c1nnc(SCC(=O)NC(c2ccccc2)c2ccc(Cl)cc2)n1C. The van der Waals surface area contributed by atoms with Crippen molar-refractivity contribution in [2.75, 3.05) is 5.75 Å². The molecule has 2 aromatic carbocycles. The van der Waals surface area contributed by atoms with Gasteiger partial charge in [0.2, 0.25) is 5.91 Å². The molecule has 4 rings (SSSR count). The van der Waals surface area contributed by atoms with E-state index in [0.29, 0.717) is 16.0 Å². The summed E-state index contributed by atoms with van der Waals surface area (Å²) in [6, 6.07) is 18.9. The van der Waals surface area contributed by atoms with Crippen LogP contribution in [-0.4, -0.2) is 26.4 Å². The van der Waals surface area contributed by atoms with Crippen LogP contribution in [0.1, 0.15) is 22.9 Å². The highest BCUT2D eigenvalue weighted by molar-refractivity contribution is 7.99. The van der Waals surface area contributed by atoms with Crippen LogP contribution in [0.15, 0.2) is 76.5 Å². The molecule has 0 saturated heterocycles. The summed E-state index contributed by atoms with van der Waals surface area (Å²) in [6.07, 6.45) is 1.63. The molecule has 0 bridgehead atoms. The highest BCUT2D eigenvalue weighted by Crippen LogP contribution is 2.27. The second-order valence-corrected chi connectivity index (χ2v) is 8.39. The van der Waals surface area contributed by atoms with E-state index < -0.39 is 0 Å². The molecule has 0 saturated carbocycles. The number of rotatable bonds is 7. The summed E-state index contributed by atoms with van der Waals surface area (Å²) in [5, 5.41) is 12.9. The van der Waals surface area contributed by atoms with Crippen molar-refractivity contribution in [1.29, 1.82) is 0 Å². The van der Waals surface area contributed by atoms with E-state index in [9.17, 15) is 4.79 Å². The first kappa shape index (κ1) is 21.2. The number of carbonyl (C=O) groups excluding carboxylic acids is 1. The second-order valence-electron chi connectivity index (χ2n) is 7.01. The van der Waals surface area contributed by atoms with E-state index in [-0.39, 0.29) is 17.7 Å². The summed E-state index contributed by atoms with van der Waals surface area (Å²) in [5.74, 6) is 1.60. The van der Waals surface area contributed by atoms with Gasteiger partial charge in [0, 0.05) is 12.1 Å². The number of nitrogens with zero attached hydrogens (tertiary/aromatic N) is 3. The third-order valence-electron chi connectivity index (χ3n) is 4.91. The molecule has 2 aromatic heterocycles. The van der Waals surface area contributed by atoms with E-state index in [1.165, 1.54) is 11.8 Å². The highest BCUT2D eigenvalue weighted by atomic mass is 35.5. The van der Waals surface area contributed by atoms with Gasteiger partial charge >= 0.3 is 0 Å². The summed E-state index contributed by atoms with van der Waals surface area (Å²) < 4.78 is 7.22. The minimum atomic E-state index is -0.268. The Labute approximate surface area is 189 Å². The largest absolute Gasteiger partial charge is 0.469 e. The number of aromatic nitrogens is 3. The summed E-state index contributed by atoms with van der Waals surface area (Å²) >= 11 is 7.38. The molecule has 0 fully saturated rings. The Balaban J connectivity index is 1.47. The van der Waals surface area contributed by atoms with Gasteiger partial charge in [-0.15, -0.1) is 10.2 Å². The number of benzene rings is 2. The Morgan fingerprint density at radius 1 is 1.10 bits per heavy atom. The number of aryl methyl sites for hydroxylation is 1. The lowest BCUT2D eigenvalue weighted by Crippen LogP contribution is -2.30. The summed E-state index contributed by atoms with van der Waals surface area (Å²) in [4.78, 5) is 12.8. The lowest BCUT2D eigenvalue weighted by molar-refractivity contribution is -0.119. The van der Waals surface area contributed by atoms with Crippen molar-refractivity contribution in [2.45, 2.75) is 18.1 Å². The molecule has 2 heterocycles. The first-order valence-electron chi connectivity index (χ1n) is 9.69. The fourth-order valence-corrected chi connectivity index (χ4v) is 4.13. The molecule has 0 aliphatic heterocycles. The highest BCUT2D eigenvalue weighted by Gasteiger charge is 2.19. The van der Waals surface area contributed by atoms with Gasteiger partial charge in [-0.05, 0) is 36.2 Å². The summed E-state index contributed by atoms with van der Waals surface area (Å²) in [7, 11) is 1.88. The van der Waals surface area contributed by atoms with E-state index in [2.05, 4.69) is 15.5 Å². The topological polar surface area (TPSA) is 72.9 Å². The molecule has 1 atom stereocenters. The van der Waals surface area contributed by atoms with Crippen LogP contribution in [0.3, 0.4) is 0 Å². The molecule has 0 aliphatic rings. The number of thioether (sulfide) groups is 1. The van der Waals surface area contributed by atoms with Crippen LogP contribution >= 0.6 is 23.4 Å². The first-order chi connectivity index (χ1) is 15.0. The molecule has 0 spiro atoms. The lowest BCUT2D eigenvalue weighted by Gasteiger charge is -2.20. The van der Waals surface area contributed by atoms with Crippen molar-refractivity contribution in [3.05, 3.63) is 88.8 Å². The van der Waals surface area contributed by atoms with Gasteiger partial charge < -0.3 is 14.3 Å². The number of halogens is 1. The Morgan fingerprint density at radius 3 is 2.48 bits per heavy atom.